The lowest BCUT2D eigenvalue weighted by Crippen LogP contribution is -2.30. The van der Waals surface area contributed by atoms with E-state index in [0.29, 0.717) is 11.7 Å². The van der Waals surface area contributed by atoms with Gasteiger partial charge in [0.2, 0.25) is 0 Å². The first-order valence-corrected chi connectivity index (χ1v) is 5.24. The molecular formula is C12H20O. The first kappa shape index (κ1) is 10.5. The van der Waals surface area contributed by atoms with Crippen molar-refractivity contribution in [2.45, 2.75) is 47.0 Å². The maximum atomic E-state index is 11.3. The molecule has 1 aliphatic rings. The topological polar surface area (TPSA) is 17.1 Å². The zero-order valence-corrected chi connectivity index (χ0v) is 9.18. The molecule has 0 saturated heterocycles. The molecule has 1 atom stereocenters. The minimum Gasteiger partial charge on any atom is -0.295 e. The molecule has 0 aromatic rings. The molecular weight excluding hydrogens is 160 g/mol. The van der Waals surface area contributed by atoms with Crippen LogP contribution in [0.4, 0.5) is 0 Å². The van der Waals surface area contributed by atoms with Gasteiger partial charge in [0.15, 0.2) is 5.78 Å². The minimum atomic E-state index is 0.267. The number of ketones is 1. The predicted octanol–water partition coefficient (Wildman–Crippen LogP) is 3.35. The molecule has 0 aromatic heterocycles. The molecule has 1 heteroatoms. The van der Waals surface area contributed by atoms with Gasteiger partial charge in [-0.2, -0.15) is 0 Å². The summed E-state index contributed by atoms with van der Waals surface area (Å²) < 4.78 is 0. The van der Waals surface area contributed by atoms with Crippen molar-refractivity contribution in [2.24, 2.45) is 11.3 Å². The Morgan fingerprint density at radius 2 is 2.15 bits per heavy atom. The van der Waals surface area contributed by atoms with Crippen LogP contribution in [0.5, 0.6) is 0 Å². The van der Waals surface area contributed by atoms with Crippen LogP contribution in [0.2, 0.25) is 0 Å². The summed E-state index contributed by atoms with van der Waals surface area (Å²) in [6.45, 7) is 8.93. The zero-order valence-electron chi connectivity index (χ0n) is 9.18. The summed E-state index contributed by atoms with van der Waals surface area (Å²) in [7, 11) is 0. The number of hydrogen-bond acceptors (Lipinski definition) is 1. The number of allylic oxidation sites excluding steroid dienone is 2. The Balaban J connectivity index is 2.99. The van der Waals surface area contributed by atoms with Gasteiger partial charge in [-0.3, -0.25) is 4.79 Å². The van der Waals surface area contributed by atoms with Crippen LogP contribution in [0, 0.1) is 11.3 Å². The van der Waals surface area contributed by atoms with Crippen LogP contribution < -0.4 is 0 Å². The van der Waals surface area contributed by atoms with Crippen LogP contribution in [-0.2, 0) is 4.79 Å². The Labute approximate surface area is 81.2 Å². The van der Waals surface area contributed by atoms with Gasteiger partial charge in [-0.1, -0.05) is 33.3 Å². The monoisotopic (exact) mass is 180 g/mol. The van der Waals surface area contributed by atoms with E-state index < -0.39 is 0 Å². The lowest BCUT2D eigenvalue weighted by Gasteiger charge is -2.38. The Bertz CT molecular complexity index is 238. The van der Waals surface area contributed by atoms with Gasteiger partial charge in [-0.25, -0.2) is 0 Å². The number of carbonyl (C=O) groups is 1. The van der Waals surface area contributed by atoms with E-state index in [9.17, 15) is 4.79 Å². The zero-order chi connectivity index (χ0) is 10.1. The van der Waals surface area contributed by atoms with Crippen molar-refractivity contribution in [1.29, 1.82) is 0 Å². The van der Waals surface area contributed by atoms with Crippen molar-refractivity contribution in [3.63, 3.8) is 0 Å². The summed E-state index contributed by atoms with van der Waals surface area (Å²) in [5.74, 6) is 0.946. The maximum Gasteiger partial charge on any atom is 0.155 e. The van der Waals surface area contributed by atoms with Gasteiger partial charge in [0, 0.05) is 6.42 Å². The van der Waals surface area contributed by atoms with Crippen LogP contribution in [0.3, 0.4) is 0 Å². The van der Waals surface area contributed by atoms with Gasteiger partial charge < -0.3 is 0 Å². The normalized spacial score (nSPS) is 29.3. The lowest BCUT2D eigenvalue weighted by molar-refractivity contribution is -0.116. The van der Waals surface area contributed by atoms with Crippen LogP contribution in [0.15, 0.2) is 11.6 Å². The Hall–Kier alpha value is -0.590. The highest BCUT2D eigenvalue weighted by atomic mass is 16.1. The van der Waals surface area contributed by atoms with E-state index in [-0.39, 0.29) is 5.41 Å². The van der Waals surface area contributed by atoms with Gasteiger partial charge in [0.25, 0.3) is 0 Å². The van der Waals surface area contributed by atoms with Gasteiger partial charge in [0.1, 0.15) is 0 Å². The van der Waals surface area contributed by atoms with Crippen molar-refractivity contribution in [3.05, 3.63) is 11.6 Å². The molecule has 0 spiro atoms. The molecule has 1 nitrogen and oxygen atoms in total. The average Bonchev–Trinajstić information content (AvgIpc) is 2.09. The fourth-order valence-corrected chi connectivity index (χ4v) is 2.14. The van der Waals surface area contributed by atoms with Crippen molar-refractivity contribution >= 4 is 5.78 Å². The van der Waals surface area contributed by atoms with Crippen LogP contribution >= 0.6 is 0 Å². The van der Waals surface area contributed by atoms with E-state index in [1.165, 1.54) is 5.57 Å². The maximum absolute atomic E-state index is 11.3. The second-order valence-corrected chi connectivity index (χ2v) is 4.56. The highest BCUT2D eigenvalue weighted by Gasteiger charge is 2.34. The number of hydrogen-bond donors (Lipinski definition) is 0. The molecule has 74 valence electrons. The van der Waals surface area contributed by atoms with E-state index in [1.807, 2.05) is 6.08 Å². The highest BCUT2D eigenvalue weighted by molar-refractivity contribution is 5.91. The van der Waals surface area contributed by atoms with Gasteiger partial charge in [-0.15, -0.1) is 0 Å². The summed E-state index contributed by atoms with van der Waals surface area (Å²) in [4.78, 5) is 11.3. The molecule has 1 rings (SSSR count). The van der Waals surface area contributed by atoms with Crippen molar-refractivity contribution < 1.29 is 4.79 Å². The molecule has 0 aromatic carbocycles. The number of carbonyl (C=O) groups excluding carboxylic acids is 1. The second-order valence-electron chi connectivity index (χ2n) is 4.56. The Morgan fingerprint density at radius 3 is 2.62 bits per heavy atom. The molecule has 1 unspecified atom stereocenters. The standard InChI is InChI=1S/C12H20O/c1-5-10-8-11(13)6-7-12(10,4)9(2)3/h8-9H,5-7H2,1-4H3. The fraction of sp³-hybridized carbons (Fsp3) is 0.750. The fourth-order valence-electron chi connectivity index (χ4n) is 2.14. The third-order valence-corrected chi connectivity index (χ3v) is 3.61. The Morgan fingerprint density at radius 1 is 1.54 bits per heavy atom. The molecule has 0 bridgehead atoms. The quantitative estimate of drug-likeness (QED) is 0.637. The molecule has 0 N–H and O–H groups in total. The SMILES string of the molecule is CCC1=CC(=O)CCC1(C)C(C)C. The summed E-state index contributed by atoms with van der Waals surface area (Å²) in [5.41, 5.74) is 1.61. The molecule has 0 aliphatic heterocycles. The average molecular weight is 180 g/mol. The van der Waals surface area contributed by atoms with Crippen LogP contribution in [0.1, 0.15) is 47.0 Å². The van der Waals surface area contributed by atoms with E-state index >= 15 is 0 Å². The second kappa shape index (κ2) is 3.65. The largest absolute Gasteiger partial charge is 0.295 e. The van der Waals surface area contributed by atoms with Gasteiger partial charge >= 0.3 is 0 Å². The van der Waals surface area contributed by atoms with Crippen molar-refractivity contribution in [1.82, 2.24) is 0 Å². The lowest BCUT2D eigenvalue weighted by atomic mass is 9.66. The predicted molar refractivity (Wildman–Crippen MR) is 55.6 cm³/mol. The van der Waals surface area contributed by atoms with E-state index in [0.717, 1.165) is 19.3 Å². The number of rotatable bonds is 2. The summed E-state index contributed by atoms with van der Waals surface area (Å²) >= 11 is 0. The van der Waals surface area contributed by atoms with Crippen molar-refractivity contribution in [3.8, 4) is 0 Å². The van der Waals surface area contributed by atoms with Crippen LogP contribution in [0.25, 0.3) is 0 Å². The molecule has 0 fully saturated rings. The highest BCUT2D eigenvalue weighted by Crippen LogP contribution is 2.43. The molecule has 0 amide bonds. The van der Waals surface area contributed by atoms with Gasteiger partial charge in [0.05, 0.1) is 0 Å². The van der Waals surface area contributed by atoms with E-state index in [4.69, 9.17) is 0 Å². The molecule has 0 radical (unpaired) electrons. The van der Waals surface area contributed by atoms with Crippen molar-refractivity contribution in [2.75, 3.05) is 0 Å². The molecule has 0 heterocycles. The summed E-state index contributed by atoms with van der Waals surface area (Å²) in [5, 5.41) is 0. The first-order chi connectivity index (χ1) is 6.00. The van der Waals surface area contributed by atoms with Crippen LogP contribution in [-0.4, -0.2) is 5.78 Å². The third-order valence-electron chi connectivity index (χ3n) is 3.61. The summed E-state index contributed by atoms with van der Waals surface area (Å²) in [6.07, 6.45) is 4.66. The van der Waals surface area contributed by atoms with E-state index in [1.54, 1.807) is 0 Å². The molecule has 0 saturated carbocycles. The van der Waals surface area contributed by atoms with Gasteiger partial charge in [-0.05, 0) is 30.3 Å². The van der Waals surface area contributed by atoms with E-state index in [2.05, 4.69) is 27.7 Å². The third kappa shape index (κ3) is 1.84. The Kier molecular flexibility index (Phi) is 2.94. The smallest absolute Gasteiger partial charge is 0.155 e. The molecule has 1 aliphatic carbocycles. The first-order valence-electron chi connectivity index (χ1n) is 5.24. The molecule has 13 heavy (non-hydrogen) atoms. The minimum absolute atomic E-state index is 0.267. The summed E-state index contributed by atoms with van der Waals surface area (Å²) in [6, 6.07) is 0.